The second kappa shape index (κ2) is 7.89. The van der Waals surface area contributed by atoms with Crippen molar-refractivity contribution in [2.75, 3.05) is 20.2 Å². The van der Waals surface area contributed by atoms with Crippen LogP contribution < -0.4 is 4.74 Å². The first-order valence-corrected chi connectivity index (χ1v) is 6.62. The predicted molar refractivity (Wildman–Crippen MR) is 73.8 cm³/mol. The zero-order valence-electron chi connectivity index (χ0n) is 11.9. The summed E-state index contributed by atoms with van der Waals surface area (Å²) < 4.78 is 18.8. The van der Waals surface area contributed by atoms with Gasteiger partial charge in [0.25, 0.3) is 0 Å². The van der Waals surface area contributed by atoms with Crippen LogP contribution in [0.4, 0.5) is 4.39 Å². The highest BCUT2D eigenvalue weighted by Crippen LogP contribution is 2.19. The monoisotopic (exact) mass is 267 g/mol. The van der Waals surface area contributed by atoms with E-state index in [0.717, 1.165) is 18.5 Å². The van der Waals surface area contributed by atoms with Gasteiger partial charge in [-0.3, -0.25) is 0 Å². The number of hydrogen-bond acceptors (Lipinski definition) is 3. The minimum absolute atomic E-state index is 0.209. The van der Waals surface area contributed by atoms with Crippen LogP contribution in [0.15, 0.2) is 18.2 Å². The van der Waals surface area contributed by atoms with Crippen LogP contribution >= 0.6 is 0 Å². The van der Waals surface area contributed by atoms with Crippen LogP contribution in [0, 0.1) is 5.82 Å². The lowest BCUT2D eigenvalue weighted by molar-refractivity contribution is -0.117. The third kappa shape index (κ3) is 5.83. The van der Waals surface area contributed by atoms with Gasteiger partial charge in [-0.15, -0.1) is 0 Å². The van der Waals surface area contributed by atoms with E-state index in [1.807, 2.05) is 20.0 Å². The smallest absolute Gasteiger partial charge is 0.165 e. The Kier molecular flexibility index (Phi) is 6.50. The van der Waals surface area contributed by atoms with Gasteiger partial charge in [-0.25, -0.2) is 4.39 Å². The Hall–Kier alpha value is -1.42. The van der Waals surface area contributed by atoms with E-state index in [2.05, 4.69) is 4.90 Å². The molecule has 0 aromatic heterocycles. The van der Waals surface area contributed by atoms with Gasteiger partial charge in [-0.2, -0.15) is 0 Å². The first-order chi connectivity index (χ1) is 9.02. The number of halogens is 1. The van der Waals surface area contributed by atoms with Crippen LogP contribution in [0.25, 0.3) is 0 Å². The summed E-state index contributed by atoms with van der Waals surface area (Å²) in [6.07, 6.45) is 1.44. The highest BCUT2D eigenvalue weighted by molar-refractivity contribution is 5.75. The second-order valence-corrected chi connectivity index (χ2v) is 4.74. The molecule has 0 aliphatic carbocycles. The van der Waals surface area contributed by atoms with E-state index in [-0.39, 0.29) is 11.6 Å². The summed E-state index contributed by atoms with van der Waals surface area (Å²) in [5.74, 6) is 0.183. The zero-order chi connectivity index (χ0) is 14.3. The van der Waals surface area contributed by atoms with Crippen molar-refractivity contribution in [2.24, 2.45) is 0 Å². The Morgan fingerprint density at radius 2 is 2.16 bits per heavy atom. The Bertz CT molecular complexity index is 421. The molecule has 0 radical (unpaired) electrons. The summed E-state index contributed by atoms with van der Waals surface area (Å²) in [5, 5.41) is 0. The fourth-order valence-electron chi connectivity index (χ4n) is 1.90. The van der Waals surface area contributed by atoms with Crippen molar-refractivity contribution in [1.29, 1.82) is 0 Å². The van der Waals surface area contributed by atoms with E-state index < -0.39 is 0 Å². The fraction of sp³-hybridized carbons (Fsp3) is 0.533. The Balaban J connectivity index is 2.48. The molecule has 1 aromatic rings. The molecule has 0 fully saturated rings. The largest absolute Gasteiger partial charge is 0.491 e. The van der Waals surface area contributed by atoms with Crippen molar-refractivity contribution in [3.8, 4) is 5.75 Å². The number of benzene rings is 1. The molecule has 0 N–H and O–H groups in total. The van der Waals surface area contributed by atoms with Crippen LogP contribution in [0.3, 0.4) is 0 Å². The fourth-order valence-corrected chi connectivity index (χ4v) is 1.90. The van der Waals surface area contributed by atoms with Gasteiger partial charge in [0.05, 0.1) is 6.61 Å². The minimum atomic E-state index is -0.323. The predicted octanol–water partition coefficient (Wildman–Crippen LogP) is 3.03. The minimum Gasteiger partial charge on any atom is -0.491 e. The highest BCUT2D eigenvalue weighted by atomic mass is 19.1. The molecule has 0 saturated heterocycles. The molecule has 0 saturated carbocycles. The lowest BCUT2D eigenvalue weighted by Gasteiger charge is -2.16. The number of rotatable bonds is 8. The van der Waals surface area contributed by atoms with Crippen LogP contribution in [-0.2, 0) is 11.3 Å². The molecular weight excluding hydrogens is 245 g/mol. The molecule has 0 heterocycles. The molecule has 1 aromatic carbocycles. The van der Waals surface area contributed by atoms with Gasteiger partial charge in [-0.05, 0) is 51.6 Å². The van der Waals surface area contributed by atoms with Crippen LogP contribution in [0.5, 0.6) is 5.75 Å². The molecule has 1 rings (SSSR count). The number of Topliss-reactive ketones (excluding diaryl/α,β-unsaturated/α-hetero) is 1. The van der Waals surface area contributed by atoms with Crippen LogP contribution in [-0.4, -0.2) is 30.9 Å². The Labute approximate surface area is 114 Å². The number of carbonyl (C=O) groups excluding carboxylic acids is 1. The maximum absolute atomic E-state index is 13.7. The number of ketones is 1. The topological polar surface area (TPSA) is 29.5 Å². The Morgan fingerprint density at radius 1 is 1.42 bits per heavy atom. The summed E-state index contributed by atoms with van der Waals surface area (Å²) in [6, 6.07) is 5.04. The molecule has 19 heavy (non-hydrogen) atoms. The molecule has 0 aliphatic heterocycles. The maximum atomic E-state index is 13.7. The summed E-state index contributed by atoms with van der Waals surface area (Å²) in [4.78, 5) is 12.9. The molecule has 0 atom stereocenters. The third-order valence-electron chi connectivity index (χ3n) is 2.82. The number of hydrogen-bond donors (Lipinski definition) is 0. The van der Waals surface area contributed by atoms with Crippen LogP contribution in [0.2, 0.25) is 0 Å². The highest BCUT2D eigenvalue weighted by Gasteiger charge is 2.06. The summed E-state index contributed by atoms with van der Waals surface area (Å²) in [7, 11) is 1.97. The molecule has 0 spiro atoms. The molecule has 0 bridgehead atoms. The van der Waals surface area contributed by atoms with Crippen molar-refractivity contribution < 1.29 is 13.9 Å². The molecule has 0 aliphatic rings. The lowest BCUT2D eigenvalue weighted by atomic mass is 10.2. The normalized spacial score (nSPS) is 10.8. The summed E-state index contributed by atoms with van der Waals surface area (Å²) >= 11 is 0. The number of carbonyl (C=O) groups is 1. The molecule has 4 heteroatoms. The van der Waals surface area contributed by atoms with Gasteiger partial charge in [0.2, 0.25) is 0 Å². The van der Waals surface area contributed by atoms with Crippen molar-refractivity contribution in [3.63, 3.8) is 0 Å². The van der Waals surface area contributed by atoms with Gasteiger partial charge < -0.3 is 14.4 Å². The van der Waals surface area contributed by atoms with Gasteiger partial charge in [0, 0.05) is 13.0 Å². The van der Waals surface area contributed by atoms with Crippen molar-refractivity contribution in [2.45, 2.75) is 33.2 Å². The van der Waals surface area contributed by atoms with E-state index in [9.17, 15) is 9.18 Å². The third-order valence-corrected chi connectivity index (χ3v) is 2.82. The van der Waals surface area contributed by atoms with E-state index >= 15 is 0 Å². The van der Waals surface area contributed by atoms with E-state index in [4.69, 9.17) is 4.74 Å². The first-order valence-electron chi connectivity index (χ1n) is 6.62. The first kappa shape index (κ1) is 15.6. The van der Waals surface area contributed by atoms with E-state index in [0.29, 0.717) is 25.3 Å². The van der Waals surface area contributed by atoms with E-state index in [1.165, 1.54) is 6.07 Å². The lowest BCUT2D eigenvalue weighted by Crippen LogP contribution is -2.19. The van der Waals surface area contributed by atoms with Crippen LogP contribution in [0.1, 0.15) is 32.3 Å². The van der Waals surface area contributed by atoms with Crippen molar-refractivity contribution in [3.05, 3.63) is 29.6 Å². The van der Waals surface area contributed by atoms with Gasteiger partial charge in [0.15, 0.2) is 11.6 Å². The van der Waals surface area contributed by atoms with Gasteiger partial charge >= 0.3 is 0 Å². The molecule has 106 valence electrons. The molecule has 3 nitrogen and oxygen atoms in total. The maximum Gasteiger partial charge on any atom is 0.165 e. The number of ether oxygens (including phenoxy) is 1. The SMILES string of the molecule is CCOc1ccc(CN(C)CCCC(C)=O)cc1F. The van der Waals surface area contributed by atoms with Gasteiger partial charge in [-0.1, -0.05) is 6.07 Å². The average molecular weight is 267 g/mol. The van der Waals surface area contributed by atoms with Crippen molar-refractivity contribution >= 4 is 5.78 Å². The average Bonchev–Trinajstić information content (AvgIpc) is 2.32. The molecule has 0 amide bonds. The summed E-state index contributed by atoms with van der Waals surface area (Å²) in [6.45, 7) is 5.38. The number of nitrogens with zero attached hydrogens (tertiary/aromatic N) is 1. The second-order valence-electron chi connectivity index (χ2n) is 4.74. The Morgan fingerprint density at radius 3 is 2.74 bits per heavy atom. The van der Waals surface area contributed by atoms with Crippen molar-refractivity contribution in [1.82, 2.24) is 4.90 Å². The molecule has 0 unspecified atom stereocenters. The quantitative estimate of drug-likeness (QED) is 0.725. The van der Waals surface area contributed by atoms with E-state index in [1.54, 1.807) is 13.0 Å². The zero-order valence-corrected chi connectivity index (χ0v) is 11.9. The standard InChI is InChI=1S/C15H22FNO2/c1-4-19-15-8-7-13(10-14(15)16)11-17(3)9-5-6-12(2)18/h7-8,10H,4-6,9,11H2,1-3H3. The van der Waals surface area contributed by atoms with Gasteiger partial charge in [0.1, 0.15) is 5.78 Å². The molecular formula is C15H22FNO2. The summed E-state index contributed by atoms with van der Waals surface area (Å²) in [5.41, 5.74) is 0.909.